The van der Waals surface area contributed by atoms with Crippen LogP contribution in [0, 0.1) is 0 Å². The average Bonchev–Trinajstić information content (AvgIpc) is 2.82. The predicted molar refractivity (Wildman–Crippen MR) is 91.2 cm³/mol. The van der Waals surface area contributed by atoms with E-state index in [-0.39, 0.29) is 5.56 Å². The van der Waals surface area contributed by atoms with Crippen LogP contribution in [0.4, 0.5) is 0 Å². The number of imidazole rings is 1. The number of rotatable bonds is 2. The first-order valence-electron chi connectivity index (χ1n) is 6.46. The van der Waals surface area contributed by atoms with Crippen LogP contribution in [-0.4, -0.2) is 18.7 Å². The quantitative estimate of drug-likeness (QED) is 0.587. The highest BCUT2D eigenvalue weighted by atomic mass is 79.9. The summed E-state index contributed by atoms with van der Waals surface area (Å²) < 4.78 is 5.74. The van der Waals surface area contributed by atoms with Gasteiger partial charge in [-0.1, -0.05) is 28.1 Å². The van der Waals surface area contributed by atoms with Gasteiger partial charge in [0.25, 0.3) is 5.56 Å². The molecule has 0 N–H and O–H groups in total. The van der Waals surface area contributed by atoms with Crippen LogP contribution in [0.5, 0.6) is 0 Å². The van der Waals surface area contributed by atoms with E-state index in [0.29, 0.717) is 22.4 Å². The maximum atomic E-state index is 12.4. The Hall–Kier alpha value is -1.67. The molecule has 0 aliphatic heterocycles. The van der Waals surface area contributed by atoms with E-state index in [0.717, 1.165) is 14.6 Å². The van der Waals surface area contributed by atoms with E-state index in [4.69, 9.17) is 0 Å². The van der Waals surface area contributed by atoms with Crippen molar-refractivity contribution in [1.29, 1.82) is 0 Å². The first kappa shape index (κ1) is 15.2. The third kappa shape index (κ3) is 2.36. The number of fused-ring (bicyclic) bond motifs is 1. The zero-order valence-corrected chi connectivity index (χ0v) is 15.0. The first-order chi connectivity index (χ1) is 10.4. The molecule has 0 aliphatic rings. The molecule has 0 spiro atoms. The fourth-order valence-electron chi connectivity index (χ4n) is 2.34. The number of aryl methyl sites for hydroxylation is 1. The molecule has 22 heavy (non-hydrogen) atoms. The molecule has 0 amide bonds. The van der Waals surface area contributed by atoms with Crippen LogP contribution in [0.2, 0.25) is 0 Å². The van der Waals surface area contributed by atoms with Crippen LogP contribution >= 0.6 is 31.9 Å². The monoisotopic (exact) mass is 426 g/mol. The predicted octanol–water partition coefficient (Wildman–Crippen LogP) is 2.01. The van der Waals surface area contributed by atoms with Crippen LogP contribution < -0.4 is 11.2 Å². The highest BCUT2D eigenvalue weighted by molar-refractivity contribution is 9.10. The number of halogens is 2. The van der Waals surface area contributed by atoms with E-state index in [1.165, 1.54) is 11.6 Å². The van der Waals surface area contributed by atoms with Crippen LogP contribution in [-0.2, 0) is 20.6 Å². The van der Waals surface area contributed by atoms with Gasteiger partial charge >= 0.3 is 5.69 Å². The van der Waals surface area contributed by atoms with Gasteiger partial charge in [0.05, 0.1) is 6.54 Å². The van der Waals surface area contributed by atoms with Crippen molar-refractivity contribution in [3.8, 4) is 0 Å². The van der Waals surface area contributed by atoms with Crippen LogP contribution in [0.3, 0.4) is 0 Å². The Balaban J connectivity index is 2.26. The van der Waals surface area contributed by atoms with Gasteiger partial charge < -0.3 is 4.57 Å². The van der Waals surface area contributed by atoms with Gasteiger partial charge in [-0.15, -0.1) is 0 Å². The van der Waals surface area contributed by atoms with E-state index >= 15 is 0 Å². The number of aromatic nitrogens is 4. The molecule has 0 aliphatic carbocycles. The molecule has 2 heterocycles. The summed E-state index contributed by atoms with van der Waals surface area (Å²) in [6, 6.07) is 7.82. The molecule has 0 bridgehead atoms. The smallest absolute Gasteiger partial charge is 0.308 e. The lowest BCUT2D eigenvalue weighted by atomic mass is 10.2. The molecule has 0 unspecified atom stereocenters. The minimum atomic E-state index is -0.390. The molecule has 8 heteroatoms. The molecular weight excluding hydrogens is 416 g/mol. The highest BCUT2D eigenvalue weighted by Gasteiger charge is 2.17. The lowest BCUT2D eigenvalue weighted by molar-refractivity contribution is 0.702. The van der Waals surface area contributed by atoms with Gasteiger partial charge in [0.15, 0.2) is 15.9 Å². The van der Waals surface area contributed by atoms with Gasteiger partial charge in [-0.2, -0.15) is 0 Å². The second kappa shape index (κ2) is 5.51. The van der Waals surface area contributed by atoms with Gasteiger partial charge in [-0.05, 0) is 33.6 Å². The van der Waals surface area contributed by atoms with Crippen molar-refractivity contribution in [2.45, 2.75) is 6.54 Å². The van der Waals surface area contributed by atoms with Crippen molar-refractivity contribution in [3.05, 3.63) is 59.9 Å². The molecule has 0 fully saturated rings. The first-order valence-corrected chi connectivity index (χ1v) is 8.05. The number of nitrogens with zero attached hydrogens (tertiary/aromatic N) is 4. The topological polar surface area (TPSA) is 61.8 Å². The van der Waals surface area contributed by atoms with Gasteiger partial charge in [0.1, 0.15) is 0 Å². The largest absolute Gasteiger partial charge is 0.332 e. The van der Waals surface area contributed by atoms with Crippen LogP contribution in [0.25, 0.3) is 11.2 Å². The molecule has 1 aromatic carbocycles. The van der Waals surface area contributed by atoms with Crippen molar-refractivity contribution in [1.82, 2.24) is 18.7 Å². The molecule has 0 saturated carbocycles. The summed E-state index contributed by atoms with van der Waals surface area (Å²) in [5, 5.41) is 0. The van der Waals surface area contributed by atoms with Gasteiger partial charge in [-0.25, -0.2) is 9.78 Å². The summed E-state index contributed by atoms with van der Waals surface area (Å²) in [6.07, 6.45) is 0. The standard InChI is InChI=1S/C14H12Br2N4O2/c1-18-11-10(12(21)19(2)14(18)22)20(13(16)17-11)7-8-3-5-9(15)6-4-8/h3-6H,7H2,1-2H3. The van der Waals surface area contributed by atoms with Crippen molar-refractivity contribution < 1.29 is 0 Å². The van der Waals surface area contributed by atoms with E-state index in [1.807, 2.05) is 24.3 Å². The summed E-state index contributed by atoms with van der Waals surface area (Å²) in [4.78, 5) is 28.7. The van der Waals surface area contributed by atoms with Gasteiger partial charge in [0.2, 0.25) is 0 Å². The van der Waals surface area contributed by atoms with Crippen LogP contribution in [0.15, 0.2) is 43.1 Å². The maximum absolute atomic E-state index is 12.4. The summed E-state index contributed by atoms with van der Waals surface area (Å²) in [7, 11) is 3.07. The zero-order valence-electron chi connectivity index (χ0n) is 11.9. The average molecular weight is 428 g/mol. The number of hydrogen-bond donors (Lipinski definition) is 0. The Morgan fingerprint density at radius 3 is 2.32 bits per heavy atom. The van der Waals surface area contributed by atoms with Crippen molar-refractivity contribution in [2.75, 3.05) is 0 Å². The summed E-state index contributed by atoms with van der Waals surface area (Å²) in [5.41, 5.74) is 1.06. The van der Waals surface area contributed by atoms with E-state index in [1.54, 1.807) is 11.6 Å². The van der Waals surface area contributed by atoms with E-state index < -0.39 is 5.69 Å². The summed E-state index contributed by atoms with van der Waals surface area (Å²) >= 11 is 6.77. The number of benzene rings is 1. The lowest BCUT2D eigenvalue weighted by Crippen LogP contribution is -2.37. The van der Waals surface area contributed by atoms with Crippen molar-refractivity contribution in [3.63, 3.8) is 0 Å². The SMILES string of the molecule is Cn1c(=O)c2c(nc(Br)n2Cc2ccc(Br)cc2)n(C)c1=O. The molecule has 3 rings (SSSR count). The van der Waals surface area contributed by atoms with E-state index in [9.17, 15) is 9.59 Å². The second-order valence-electron chi connectivity index (χ2n) is 4.97. The molecule has 114 valence electrons. The second-order valence-corrected chi connectivity index (χ2v) is 6.60. The molecule has 0 atom stereocenters. The fraction of sp³-hybridized carbons (Fsp3) is 0.214. The summed E-state index contributed by atoms with van der Waals surface area (Å²) in [5.74, 6) is 0. The Kier molecular flexibility index (Phi) is 3.82. The highest BCUT2D eigenvalue weighted by Crippen LogP contribution is 2.19. The lowest BCUT2D eigenvalue weighted by Gasteiger charge is -2.07. The molecule has 0 radical (unpaired) electrons. The fourth-order valence-corrected chi connectivity index (χ4v) is 3.07. The molecule has 0 saturated heterocycles. The minimum Gasteiger partial charge on any atom is -0.308 e. The third-order valence-corrected chi connectivity index (χ3v) is 4.69. The van der Waals surface area contributed by atoms with E-state index in [2.05, 4.69) is 36.8 Å². The summed E-state index contributed by atoms with van der Waals surface area (Å²) in [6.45, 7) is 0.484. The Morgan fingerprint density at radius 2 is 1.68 bits per heavy atom. The molecular formula is C14H12Br2N4O2. The van der Waals surface area contributed by atoms with Crippen molar-refractivity contribution >= 4 is 43.0 Å². The molecule has 6 nitrogen and oxygen atoms in total. The normalized spacial score (nSPS) is 11.3. The Bertz CT molecular complexity index is 983. The Labute approximate surface area is 142 Å². The Morgan fingerprint density at radius 1 is 1.05 bits per heavy atom. The minimum absolute atomic E-state index is 0.353. The van der Waals surface area contributed by atoms with Crippen LogP contribution in [0.1, 0.15) is 5.56 Å². The number of hydrogen-bond acceptors (Lipinski definition) is 3. The zero-order chi connectivity index (χ0) is 16.0. The maximum Gasteiger partial charge on any atom is 0.332 e. The third-order valence-electron chi connectivity index (χ3n) is 3.56. The van der Waals surface area contributed by atoms with Crippen molar-refractivity contribution in [2.24, 2.45) is 14.1 Å². The molecule has 2 aromatic heterocycles. The molecule has 3 aromatic rings. The van der Waals surface area contributed by atoms with Gasteiger partial charge in [0, 0.05) is 18.6 Å². The van der Waals surface area contributed by atoms with Gasteiger partial charge in [-0.3, -0.25) is 13.9 Å².